The number of pyridine rings is 1. The number of nitrogens with one attached hydrogen (secondary N) is 2. The highest BCUT2D eigenvalue weighted by Gasteiger charge is 2.39. The van der Waals surface area contributed by atoms with E-state index in [0.717, 1.165) is 23.2 Å². The maximum Gasteiger partial charge on any atom is 0.264 e. The normalized spacial score (nSPS) is 20.1. The van der Waals surface area contributed by atoms with Crippen LogP contribution in [0.5, 0.6) is 0 Å². The molecule has 0 fully saturated rings. The predicted octanol–water partition coefficient (Wildman–Crippen LogP) is 2.42. The maximum absolute atomic E-state index is 13.4. The van der Waals surface area contributed by atoms with E-state index in [0.29, 0.717) is 12.1 Å². The van der Waals surface area contributed by atoms with Gasteiger partial charge in [0.25, 0.3) is 11.8 Å². The summed E-state index contributed by atoms with van der Waals surface area (Å²) in [6.45, 7) is 0.621. The Labute approximate surface area is 168 Å². The number of anilines is 1. The van der Waals surface area contributed by atoms with Crippen molar-refractivity contribution in [2.24, 2.45) is 0 Å². The number of carbonyl (C=O) groups is 2. The fraction of sp³-hybridized carbons (Fsp3) is 0.174. The minimum atomic E-state index is -0.834. The lowest BCUT2D eigenvalue weighted by molar-refractivity contribution is -0.121. The highest BCUT2D eigenvalue weighted by Crippen LogP contribution is 2.39. The Kier molecular flexibility index (Phi) is 4.33. The van der Waals surface area contributed by atoms with Gasteiger partial charge in [-0.2, -0.15) is 0 Å². The largest absolute Gasteiger partial charge is 0.328 e. The minimum absolute atomic E-state index is 0.142. The summed E-state index contributed by atoms with van der Waals surface area (Å²) >= 11 is 0. The van der Waals surface area contributed by atoms with Gasteiger partial charge in [-0.25, -0.2) is 0 Å². The standard InChI is InChI=1S/C23H20N4O2/c28-22(17-9-12-24-13-10-17)26-21-23(29)27-14-11-16-7-4-8-18(20(16)27)19(25-21)15-5-2-1-3-6-15/h1-10,12-13,19,21,25H,11,14H2,(H,26,28). The van der Waals surface area contributed by atoms with Crippen molar-refractivity contribution in [3.05, 3.63) is 95.3 Å². The first kappa shape index (κ1) is 17.6. The molecule has 2 aromatic carbocycles. The lowest BCUT2D eigenvalue weighted by Gasteiger charge is -2.24. The second-order valence-corrected chi connectivity index (χ2v) is 7.25. The van der Waals surface area contributed by atoms with Crippen LogP contribution in [0.15, 0.2) is 73.1 Å². The van der Waals surface area contributed by atoms with Gasteiger partial charge in [-0.05, 0) is 35.2 Å². The molecule has 0 spiro atoms. The summed E-state index contributed by atoms with van der Waals surface area (Å²) in [7, 11) is 0. The molecule has 2 amide bonds. The highest BCUT2D eigenvalue weighted by molar-refractivity contribution is 6.04. The molecule has 0 bridgehead atoms. The summed E-state index contributed by atoms with van der Waals surface area (Å²) in [6, 6.07) is 19.2. The number of hydrogen-bond acceptors (Lipinski definition) is 4. The van der Waals surface area contributed by atoms with Gasteiger partial charge in [0.05, 0.1) is 11.7 Å². The summed E-state index contributed by atoms with van der Waals surface area (Å²) in [4.78, 5) is 31.8. The molecule has 6 nitrogen and oxygen atoms in total. The van der Waals surface area contributed by atoms with Crippen molar-refractivity contribution in [3.8, 4) is 0 Å². The lowest BCUT2D eigenvalue weighted by Crippen LogP contribution is -2.55. The van der Waals surface area contributed by atoms with Gasteiger partial charge >= 0.3 is 0 Å². The minimum Gasteiger partial charge on any atom is -0.328 e. The summed E-state index contributed by atoms with van der Waals surface area (Å²) in [5.41, 5.74) is 4.71. The zero-order chi connectivity index (χ0) is 19.8. The summed E-state index contributed by atoms with van der Waals surface area (Å²) in [6.07, 6.45) is 3.11. The molecule has 0 radical (unpaired) electrons. The van der Waals surface area contributed by atoms with Crippen LogP contribution in [0.2, 0.25) is 0 Å². The molecule has 29 heavy (non-hydrogen) atoms. The number of carbonyl (C=O) groups excluding carboxylic acids is 2. The Morgan fingerprint density at radius 2 is 1.83 bits per heavy atom. The first-order chi connectivity index (χ1) is 14.2. The zero-order valence-electron chi connectivity index (χ0n) is 15.7. The molecule has 0 aliphatic carbocycles. The van der Waals surface area contributed by atoms with Crippen LogP contribution in [0.1, 0.15) is 33.1 Å². The monoisotopic (exact) mass is 384 g/mol. The number of amides is 2. The van der Waals surface area contributed by atoms with Crippen LogP contribution in [-0.4, -0.2) is 29.5 Å². The number of aromatic nitrogens is 1. The summed E-state index contributed by atoms with van der Waals surface area (Å²) in [5, 5.41) is 6.27. The predicted molar refractivity (Wildman–Crippen MR) is 109 cm³/mol. The van der Waals surface area contributed by atoms with Crippen LogP contribution in [0.25, 0.3) is 0 Å². The second-order valence-electron chi connectivity index (χ2n) is 7.25. The second kappa shape index (κ2) is 7.14. The molecule has 144 valence electrons. The van der Waals surface area contributed by atoms with Crippen LogP contribution in [0, 0.1) is 0 Å². The van der Waals surface area contributed by atoms with Crippen molar-refractivity contribution in [1.29, 1.82) is 0 Å². The number of nitrogens with zero attached hydrogens (tertiary/aromatic N) is 2. The van der Waals surface area contributed by atoms with Gasteiger partial charge in [0.1, 0.15) is 0 Å². The van der Waals surface area contributed by atoms with E-state index in [1.807, 2.05) is 36.4 Å². The fourth-order valence-electron chi connectivity index (χ4n) is 4.17. The molecule has 2 atom stereocenters. The van der Waals surface area contributed by atoms with Gasteiger partial charge in [0.15, 0.2) is 6.17 Å². The van der Waals surface area contributed by atoms with Crippen LogP contribution in [0.3, 0.4) is 0 Å². The van der Waals surface area contributed by atoms with Gasteiger partial charge in [-0.15, -0.1) is 0 Å². The van der Waals surface area contributed by atoms with E-state index in [1.54, 1.807) is 29.4 Å². The van der Waals surface area contributed by atoms with Crippen molar-refractivity contribution in [1.82, 2.24) is 15.6 Å². The van der Waals surface area contributed by atoms with E-state index >= 15 is 0 Å². The molecular weight excluding hydrogens is 364 g/mol. The molecule has 3 aromatic rings. The Bertz CT molecular complexity index is 1070. The average molecular weight is 384 g/mol. The van der Waals surface area contributed by atoms with E-state index in [9.17, 15) is 9.59 Å². The Morgan fingerprint density at radius 3 is 2.62 bits per heavy atom. The first-order valence-electron chi connectivity index (χ1n) is 9.67. The number of rotatable bonds is 3. The Hall–Kier alpha value is -3.51. The van der Waals surface area contributed by atoms with Gasteiger partial charge in [0, 0.05) is 24.5 Å². The smallest absolute Gasteiger partial charge is 0.264 e. The molecule has 2 aliphatic rings. The van der Waals surface area contributed by atoms with Gasteiger partial charge < -0.3 is 10.2 Å². The van der Waals surface area contributed by atoms with Crippen molar-refractivity contribution in [3.63, 3.8) is 0 Å². The highest BCUT2D eigenvalue weighted by atomic mass is 16.2. The lowest BCUT2D eigenvalue weighted by atomic mass is 9.95. The third-order valence-corrected chi connectivity index (χ3v) is 5.53. The van der Waals surface area contributed by atoms with Crippen molar-refractivity contribution in [2.75, 3.05) is 11.4 Å². The van der Waals surface area contributed by atoms with E-state index in [1.165, 1.54) is 5.56 Å². The van der Waals surface area contributed by atoms with E-state index in [-0.39, 0.29) is 17.9 Å². The van der Waals surface area contributed by atoms with E-state index in [4.69, 9.17) is 0 Å². The molecule has 1 aromatic heterocycles. The SMILES string of the molecule is O=C(NC1NC(c2ccccc2)c2cccc3c2N(CC3)C1=O)c1ccncc1. The van der Waals surface area contributed by atoms with Crippen LogP contribution < -0.4 is 15.5 Å². The molecule has 5 rings (SSSR count). The quantitative estimate of drug-likeness (QED) is 0.727. The third-order valence-electron chi connectivity index (χ3n) is 5.53. The average Bonchev–Trinajstić information content (AvgIpc) is 3.17. The third kappa shape index (κ3) is 3.07. The molecule has 2 N–H and O–H groups in total. The van der Waals surface area contributed by atoms with Crippen molar-refractivity contribution in [2.45, 2.75) is 18.6 Å². The van der Waals surface area contributed by atoms with Gasteiger partial charge in [-0.3, -0.25) is 19.9 Å². The summed E-state index contributed by atoms with van der Waals surface area (Å²) in [5.74, 6) is -0.451. The first-order valence-corrected chi connectivity index (χ1v) is 9.67. The molecule has 6 heteroatoms. The number of benzene rings is 2. The maximum atomic E-state index is 13.4. The van der Waals surface area contributed by atoms with Crippen molar-refractivity contribution >= 4 is 17.5 Å². The van der Waals surface area contributed by atoms with Gasteiger partial charge in [0.2, 0.25) is 0 Å². The molecule has 2 aliphatic heterocycles. The number of para-hydroxylation sites is 1. The number of hydrogen-bond donors (Lipinski definition) is 2. The van der Waals surface area contributed by atoms with Crippen LogP contribution in [-0.2, 0) is 11.2 Å². The fourth-order valence-corrected chi connectivity index (χ4v) is 4.17. The van der Waals surface area contributed by atoms with E-state index in [2.05, 4.69) is 27.8 Å². The zero-order valence-corrected chi connectivity index (χ0v) is 15.7. The molecule has 0 saturated heterocycles. The van der Waals surface area contributed by atoms with Crippen LogP contribution in [0.4, 0.5) is 5.69 Å². The molecule has 3 heterocycles. The Morgan fingerprint density at radius 1 is 1.03 bits per heavy atom. The molecule has 0 saturated carbocycles. The van der Waals surface area contributed by atoms with Crippen molar-refractivity contribution < 1.29 is 9.59 Å². The van der Waals surface area contributed by atoms with Crippen LogP contribution >= 0.6 is 0 Å². The van der Waals surface area contributed by atoms with E-state index < -0.39 is 6.17 Å². The summed E-state index contributed by atoms with van der Waals surface area (Å²) < 4.78 is 0. The molecule has 2 unspecified atom stereocenters. The molecular formula is C23H20N4O2. The topological polar surface area (TPSA) is 74.3 Å². The van der Waals surface area contributed by atoms with Gasteiger partial charge in [-0.1, -0.05) is 48.5 Å². The Balaban J connectivity index is 1.55.